The molecule has 3 rings (SSSR count). The van der Waals surface area contributed by atoms with Crippen LogP contribution in [0.4, 0.5) is 0 Å². The van der Waals surface area contributed by atoms with Crippen LogP contribution in [0.2, 0.25) is 11.3 Å². The third-order valence-corrected chi connectivity index (χ3v) is 20.4. The van der Waals surface area contributed by atoms with Crippen LogP contribution < -0.4 is 0 Å². The predicted octanol–water partition coefficient (Wildman–Crippen LogP) is 5.39. The van der Waals surface area contributed by atoms with Gasteiger partial charge < -0.3 is 9.13 Å². The van der Waals surface area contributed by atoms with Gasteiger partial charge in [0.15, 0.2) is 0 Å². The summed E-state index contributed by atoms with van der Waals surface area (Å²) >= 11 is 0. The Bertz CT molecular complexity index is 365. The summed E-state index contributed by atoms with van der Waals surface area (Å²) in [4.78, 5) is 0. The quantitative estimate of drug-likeness (QED) is 0.509. The summed E-state index contributed by atoms with van der Waals surface area (Å²) in [6, 6.07) is 3.65. The van der Waals surface area contributed by atoms with Crippen molar-refractivity contribution in [2.24, 2.45) is 0 Å². The van der Waals surface area contributed by atoms with Gasteiger partial charge in [0.1, 0.15) is 17.9 Å². The first-order valence-electron chi connectivity index (χ1n) is 12.2. The van der Waals surface area contributed by atoms with Gasteiger partial charge in [0.2, 0.25) is 0 Å². The molecule has 0 aromatic carbocycles. The van der Waals surface area contributed by atoms with Gasteiger partial charge in [0, 0.05) is 24.2 Å². The molecule has 0 aromatic heterocycles. The predicted molar refractivity (Wildman–Crippen MR) is 121 cm³/mol. The molecule has 2 atom stereocenters. The van der Waals surface area contributed by atoms with Crippen molar-refractivity contribution < 1.29 is 0 Å². The van der Waals surface area contributed by atoms with E-state index in [0.717, 1.165) is 24.2 Å². The maximum atomic E-state index is 3.17. The molecule has 0 amide bonds. The second-order valence-electron chi connectivity index (χ2n) is 9.77. The van der Waals surface area contributed by atoms with E-state index in [1.807, 2.05) is 0 Å². The van der Waals surface area contributed by atoms with E-state index >= 15 is 0 Å². The first-order chi connectivity index (χ1) is 12.7. The molecule has 3 aliphatic rings. The largest absolute Gasteiger partial charge is 0.321 e. The maximum absolute atomic E-state index is 3.17. The van der Waals surface area contributed by atoms with Crippen molar-refractivity contribution in [1.29, 1.82) is 0 Å². The Kier molecular flexibility index (Phi) is 8.28. The highest BCUT2D eigenvalue weighted by molar-refractivity contribution is 6.92. The van der Waals surface area contributed by atoms with E-state index in [0.29, 0.717) is 0 Å². The van der Waals surface area contributed by atoms with Crippen LogP contribution >= 0.6 is 0 Å². The lowest BCUT2D eigenvalue weighted by Gasteiger charge is -2.54. The summed E-state index contributed by atoms with van der Waals surface area (Å²) in [6.07, 6.45) is 17.8. The van der Waals surface area contributed by atoms with Crippen molar-refractivity contribution in [1.82, 2.24) is 9.13 Å². The van der Waals surface area contributed by atoms with Crippen LogP contribution in [-0.2, 0) is 0 Å². The Labute approximate surface area is 167 Å². The molecule has 2 unspecified atom stereocenters. The second-order valence-corrected chi connectivity index (χ2v) is 17.4. The van der Waals surface area contributed by atoms with E-state index in [2.05, 4.69) is 36.8 Å². The monoisotopic (exact) mass is 394 g/mol. The molecule has 1 aliphatic heterocycles. The van der Waals surface area contributed by atoms with E-state index in [-0.39, 0.29) is 0 Å². The van der Waals surface area contributed by atoms with Crippen molar-refractivity contribution in [2.45, 2.75) is 140 Å². The fourth-order valence-corrected chi connectivity index (χ4v) is 18.3. The number of hydrogen-bond acceptors (Lipinski definition) is 2. The van der Waals surface area contributed by atoms with Gasteiger partial charge in [-0.3, -0.25) is 0 Å². The average Bonchev–Trinajstić information content (AvgIpc) is 2.67. The fraction of sp³-hybridized carbons (Fsp3) is 1.00. The minimum absolute atomic E-state index is 0.632. The minimum Gasteiger partial charge on any atom is -0.321 e. The Morgan fingerprint density at radius 1 is 0.654 bits per heavy atom. The summed E-state index contributed by atoms with van der Waals surface area (Å²) in [6.45, 7) is 9.94. The van der Waals surface area contributed by atoms with E-state index in [9.17, 15) is 0 Å². The molecule has 1 heterocycles. The van der Waals surface area contributed by atoms with E-state index in [1.54, 1.807) is 11.3 Å². The molecule has 26 heavy (non-hydrogen) atoms. The minimum atomic E-state index is -0.632. The molecule has 2 nitrogen and oxygen atoms in total. The van der Waals surface area contributed by atoms with E-state index in [4.69, 9.17) is 0 Å². The Balaban J connectivity index is 1.62. The van der Waals surface area contributed by atoms with Gasteiger partial charge in [0.25, 0.3) is 0 Å². The molecule has 2 aliphatic carbocycles. The number of hydrogen-bond donors (Lipinski definition) is 0. The molecule has 0 bridgehead atoms. The molecule has 0 N–H and O–H groups in total. The van der Waals surface area contributed by atoms with Crippen molar-refractivity contribution >= 4 is 17.9 Å². The van der Waals surface area contributed by atoms with Gasteiger partial charge in [-0.05, 0) is 49.9 Å². The van der Waals surface area contributed by atoms with Crippen LogP contribution in [0.25, 0.3) is 0 Å². The van der Waals surface area contributed by atoms with Crippen molar-refractivity contribution in [3.8, 4) is 0 Å². The average molecular weight is 395 g/mol. The number of nitrogens with zero attached hydrogens (tertiary/aromatic N) is 2. The van der Waals surface area contributed by atoms with Crippen molar-refractivity contribution in [3.63, 3.8) is 0 Å². The molecule has 0 radical (unpaired) electrons. The van der Waals surface area contributed by atoms with Crippen LogP contribution in [-0.4, -0.2) is 51.2 Å². The van der Waals surface area contributed by atoms with Gasteiger partial charge in [0.05, 0.1) is 0 Å². The highest BCUT2D eigenvalue weighted by Gasteiger charge is 2.45. The van der Waals surface area contributed by atoms with Gasteiger partial charge in [-0.25, -0.2) is 0 Å². The Hall–Kier alpha value is 0.354. The van der Waals surface area contributed by atoms with Crippen LogP contribution in [0.1, 0.15) is 105 Å². The number of rotatable bonds is 8. The second kappa shape index (κ2) is 10.2. The molecule has 0 aromatic rings. The van der Waals surface area contributed by atoms with Crippen LogP contribution in [0.15, 0.2) is 0 Å². The van der Waals surface area contributed by atoms with E-state index < -0.39 is 17.9 Å². The molecule has 1 saturated heterocycles. The molecule has 0 spiro atoms. The highest BCUT2D eigenvalue weighted by atomic mass is 28.4. The lowest BCUT2D eigenvalue weighted by atomic mass is 9.95. The van der Waals surface area contributed by atoms with Crippen LogP contribution in [0.5, 0.6) is 0 Å². The van der Waals surface area contributed by atoms with Crippen molar-refractivity contribution in [3.05, 3.63) is 0 Å². The Morgan fingerprint density at radius 2 is 1.00 bits per heavy atom. The molecule has 4 heteroatoms. The van der Waals surface area contributed by atoms with Crippen molar-refractivity contribution in [2.75, 3.05) is 0 Å². The third kappa shape index (κ3) is 4.85. The Morgan fingerprint density at radius 3 is 1.31 bits per heavy atom. The van der Waals surface area contributed by atoms with Crippen LogP contribution in [0.3, 0.4) is 0 Å². The first kappa shape index (κ1) is 21.1. The summed E-state index contributed by atoms with van der Waals surface area (Å²) in [5.41, 5.74) is 3.45. The van der Waals surface area contributed by atoms with Gasteiger partial charge in [-0.1, -0.05) is 66.2 Å². The summed E-state index contributed by atoms with van der Waals surface area (Å²) in [5, 5.41) is 0. The van der Waals surface area contributed by atoms with Gasteiger partial charge >= 0.3 is 0 Å². The van der Waals surface area contributed by atoms with E-state index in [1.165, 1.54) is 77.0 Å². The fourth-order valence-electron chi connectivity index (χ4n) is 6.26. The molecule has 3 fully saturated rings. The summed E-state index contributed by atoms with van der Waals surface area (Å²) in [5.74, 6) is 0. The smallest absolute Gasteiger partial charge is 0.109 e. The normalized spacial score (nSPS) is 31.2. The molecule has 152 valence electrons. The zero-order chi connectivity index (χ0) is 18.5. The van der Waals surface area contributed by atoms with Gasteiger partial charge in [-0.2, -0.15) is 0 Å². The highest BCUT2D eigenvalue weighted by Crippen LogP contribution is 2.37. The summed E-state index contributed by atoms with van der Waals surface area (Å²) in [7, 11) is -1.26. The zero-order valence-corrected chi connectivity index (χ0v) is 20.6. The molecule has 2 saturated carbocycles. The lowest BCUT2D eigenvalue weighted by Crippen LogP contribution is -2.66. The maximum Gasteiger partial charge on any atom is 0.109 e. The standard InChI is InChI=1S/C22H46N2Si2/c1-5-19(3)23(21-13-9-7-10-14-21)25-17-26(18-25)24(20(4)6-2)22-15-11-8-12-16-22/h19-22,25-26H,5-18H2,1-4H3. The van der Waals surface area contributed by atoms with Crippen LogP contribution in [0, 0.1) is 0 Å². The zero-order valence-electron chi connectivity index (χ0n) is 18.3. The lowest BCUT2D eigenvalue weighted by molar-refractivity contribution is 0.191. The first-order valence-corrected chi connectivity index (χ1v) is 16.5. The topological polar surface area (TPSA) is 6.48 Å². The third-order valence-electron chi connectivity index (χ3n) is 8.12. The molecular weight excluding hydrogens is 348 g/mol. The van der Waals surface area contributed by atoms with Gasteiger partial charge in [-0.15, -0.1) is 0 Å². The SMILES string of the molecule is CCC(C)N(C1CCCCC1)[SiH]1C[SiH](N(C(C)CC)C2CCCCC2)C1. The molecular formula is C22H46N2Si2. The summed E-state index contributed by atoms with van der Waals surface area (Å²) < 4.78 is 6.33.